The molecular weight excluding hydrogens is 501 g/mol. The SMILES string of the molecule is COc1ccc(Cc2csc(N3CCC(S(=O)(=O)c4cccc(C(F)(F)F)c4)CC3)n2)cc1OC. The predicted molar refractivity (Wildman–Crippen MR) is 128 cm³/mol. The molecule has 0 N–H and O–H groups in total. The Morgan fingerprint density at radius 3 is 2.43 bits per heavy atom. The van der Waals surface area contributed by atoms with Crippen LogP contribution in [-0.2, 0) is 22.4 Å². The summed E-state index contributed by atoms with van der Waals surface area (Å²) >= 11 is 1.49. The molecule has 1 fully saturated rings. The van der Waals surface area contributed by atoms with E-state index in [9.17, 15) is 21.6 Å². The van der Waals surface area contributed by atoms with Crippen LogP contribution in [0.1, 0.15) is 29.7 Å². The largest absolute Gasteiger partial charge is 0.493 e. The van der Waals surface area contributed by atoms with Gasteiger partial charge >= 0.3 is 6.18 Å². The summed E-state index contributed by atoms with van der Waals surface area (Å²) in [4.78, 5) is 6.46. The lowest BCUT2D eigenvalue weighted by Gasteiger charge is -2.31. The van der Waals surface area contributed by atoms with Crippen LogP contribution in [0.15, 0.2) is 52.7 Å². The van der Waals surface area contributed by atoms with Crippen LogP contribution in [0.25, 0.3) is 0 Å². The highest BCUT2D eigenvalue weighted by Gasteiger charge is 2.35. The van der Waals surface area contributed by atoms with Crippen molar-refractivity contribution in [2.45, 2.75) is 35.6 Å². The van der Waals surface area contributed by atoms with Gasteiger partial charge in [-0.1, -0.05) is 12.1 Å². The van der Waals surface area contributed by atoms with E-state index in [-0.39, 0.29) is 4.90 Å². The van der Waals surface area contributed by atoms with Crippen LogP contribution in [0.3, 0.4) is 0 Å². The second kappa shape index (κ2) is 10.1. The summed E-state index contributed by atoms with van der Waals surface area (Å²) in [6, 6.07) is 9.68. The van der Waals surface area contributed by atoms with Crippen LogP contribution in [0, 0.1) is 0 Å². The Labute approximate surface area is 206 Å². The van der Waals surface area contributed by atoms with Crippen LogP contribution in [0.2, 0.25) is 0 Å². The summed E-state index contributed by atoms with van der Waals surface area (Å²) in [6.07, 6.45) is -3.34. The van der Waals surface area contributed by atoms with Crippen molar-refractivity contribution in [3.05, 3.63) is 64.7 Å². The fourth-order valence-electron chi connectivity index (χ4n) is 4.12. The molecule has 0 atom stereocenters. The first-order valence-corrected chi connectivity index (χ1v) is 13.4. The lowest BCUT2D eigenvalue weighted by molar-refractivity contribution is -0.137. The zero-order valence-electron chi connectivity index (χ0n) is 19.2. The van der Waals surface area contributed by atoms with Crippen LogP contribution in [0.4, 0.5) is 18.3 Å². The van der Waals surface area contributed by atoms with Gasteiger partial charge in [0.15, 0.2) is 26.5 Å². The fourth-order valence-corrected chi connectivity index (χ4v) is 6.78. The molecule has 35 heavy (non-hydrogen) atoms. The molecule has 0 aliphatic carbocycles. The van der Waals surface area contributed by atoms with E-state index >= 15 is 0 Å². The van der Waals surface area contributed by atoms with Gasteiger partial charge in [0.05, 0.1) is 35.6 Å². The van der Waals surface area contributed by atoms with Gasteiger partial charge in [-0.2, -0.15) is 13.2 Å². The van der Waals surface area contributed by atoms with Crippen molar-refractivity contribution in [1.29, 1.82) is 0 Å². The number of methoxy groups -OCH3 is 2. The molecule has 4 rings (SSSR count). The highest BCUT2D eigenvalue weighted by Crippen LogP contribution is 2.34. The quantitative estimate of drug-likeness (QED) is 0.421. The average molecular weight is 527 g/mol. The van der Waals surface area contributed by atoms with E-state index in [1.807, 2.05) is 28.5 Å². The van der Waals surface area contributed by atoms with Gasteiger partial charge in [-0.3, -0.25) is 0 Å². The molecule has 188 valence electrons. The van der Waals surface area contributed by atoms with Crippen LogP contribution >= 0.6 is 11.3 Å². The Kier molecular flexibility index (Phi) is 7.27. The summed E-state index contributed by atoms with van der Waals surface area (Å²) in [5.41, 5.74) is 0.946. The molecule has 0 spiro atoms. The molecule has 0 amide bonds. The van der Waals surface area contributed by atoms with Gasteiger partial charge < -0.3 is 14.4 Å². The lowest BCUT2D eigenvalue weighted by atomic mass is 10.1. The monoisotopic (exact) mass is 526 g/mol. The Balaban J connectivity index is 1.41. The first kappa shape index (κ1) is 25.3. The average Bonchev–Trinajstić information content (AvgIpc) is 3.32. The van der Waals surface area contributed by atoms with Gasteiger partial charge in [0.25, 0.3) is 0 Å². The summed E-state index contributed by atoms with van der Waals surface area (Å²) in [7, 11) is -0.700. The molecule has 1 aliphatic rings. The third-order valence-electron chi connectivity index (χ3n) is 6.01. The number of alkyl halides is 3. The van der Waals surface area contributed by atoms with Crippen molar-refractivity contribution in [2.75, 3.05) is 32.2 Å². The minimum Gasteiger partial charge on any atom is -0.493 e. The molecule has 2 heterocycles. The van der Waals surface area contributed by atoms with Gasteiger partial charge in [-0.25, -0.2) is 13.4 Å². The number of halogens is 3. The number of benzene rings is 2. The predicted octanol–water partition coefficient (Wildman–Crippen LogP) is 5.21. The highest BCUT2D eigenvalue weighted by molar-refractivity contribution is 7.92. The smallest absolute Gasteiger partial charge is 0.416 e. The second-order valence-corrected chi connectivity index (χ2v) is 11.3. The maximum Gasteiger partial charge on any atom is 0.416 e. The number of anilines is 1. The minimum absolute atomic E-state index is 0.280. The van der Waals surface area contributed by atoms with Crippen molar-refractivity contribution in [2.24, 2.45) is 0 Å². The number of hydrogen-bond acceptors (Lipinski definition) is 7. The molecule has 11 heteroatoms. The van der Waals surface area contributed by atoms with Gasteiger partial charge in [0.2, 0.25) is 0 Å². The van der Waals surface area contributed by atoms with Crippen LogP contribution < -0.4 is 14.4 Å². The number of aromatic nitrogens is 1. The maximum atomic E-state index is 13.0. The molecule has 0 radical (unpaired) electrons. The Bertz CT molecular complexity index is 1280. The maximum absolute atomic E-state index is 13.0. The van der Waals surface area contributed by atoms with Crippen molar-refractivity contribution in [3.63, 3.8) is 0 Å². The van der Waals surface area contributed by atoms with Gasteiger partial charge in [-0.05, 0) is 48.7 Å². The van der Waals surface area contributed by atoms with E-state index < -0.39 is 26.8 Å². The van der Waals surface area contributed by atoms with Crippen molar-refractivity contribution >= 4 is 26.3 Å². The topological polar surface area (TPSA) is 68.7 Å². The normalized spacial score (nSPS) is 15.3. The standard InChI is InChI=1S/C24H25F3N2O4S2/c1-32-21-7-6-16(13-22(21)33-2)12-18-15-34-23(28-18)29-10-8-19(9-11-29)35(30,31)20-5-3-4-17(14-20)24(25,26)27/h3-7,13-15,19H,8-12H2,1-2H3. The minimum atomic E-state index is -4.59. The molecular formula is C24H25F3N2O4S2. The molecule has 0 saturated carbocycles. The number of hydrogen-bond donors (Lipinski definition) is 0. The first-order valence-electron chi connectivity index (χ1n) is 10.9. The number of thiazole rings is 1. The molecule has 0 unspecified atom stereocenters. The van der Waals surface area contributed by atoms with Crippen molar-refractivity contribution in [1.82, 2.24) is 4.98 Å². The fraction of sp³-hybridized carbons (Fsp3) is 0.375. The number of piperidine rings is 1. The van der Waals surface area contributed by atoms with E-state index in [0.29, 0.717) is 43.9 Å². The Morgan fingerprint density at radius 2 is 1.77 bits per heavy atom. The van der Waals surface area contributed by atoms with E-state index in [1.165, 1.54) is 17.4 Å². The molecule has 2 aromatic carbocycles. The van der Waals surface area contributed by atoms with Crippen molar-refractivity contribution in [3.8, 4) is 11.5 Å². The molecule has 3 aromatic rings. The molecule has 6 nitrogen and oxygen atoms in total. The molecule has 0 bridgehead atoms. The van der Waals surface area contributed by atoms with Gasteiger partial charge in [-0.15, -0.1) is 11.3 Å². The van der Waals surface area contributed by atoms with Crippen LogP contribution in [0.5, 0.6) is 11.5 Å². The zero-order valence-corrected chi connectivity index (χ0v) is 20.8. The summed E-state index contributed by atoms with van der Waals surface area (Å²) in [5, 5.41) is 2.04. The highest BCUT2D eigenvalue weighted by atomic mass is 32.2. The zero-order chi connectivity index (χ0) is 25.2. The lowest BCUT2D eigenvalue weighted by Crippen LogP contribution is -2.39. The molecule has 1 saturated heterocycles. The number of nitrogens with zero attached hydrogens (tertiary/aromatic N) is 2. The Hall–Kier alpha value is -2.79. The molecule has 1 aliphatic heterocycles. The summed E-state index contributed by atoms with van der Waals surface area (Å²) in [6.45, 7) is 0.929. The second-order valence-electron chi connectivity index (χ2n) is 8.24. The van der Waals surface area contributed by atoms with E-state index in [1.54, 1.807) is 14.2 Å². The third kappa shape index (κ3) is 5.56. The first-order chi connectivity index (χ1) is 16.6. The van der Waals surface area contributed by atoms with Crippen molar-refractivity contribution < 1.29 is 31.1 Å². The number of rotatable bonds is 7. The summed E-state index contributed by atoms with van der Waals surface area (Å²) in [5.74, 6) is 1.29. The number of ether oxygens (including phenoxy) is 2. The molecule has 1 aromatic heterocycles. The van der Waals surface area contributed by atoms with Crippen LogP contribution in [-0.4, -0.2) is 46.0 Å². The van der Waals surface area contributed by atoms with E-state index in [0.717, 1.165) is 34.6 Å². The third-order valence-corrected chi connectivity index (χ3v) is 9.22. The van der Waals surface area contributed by atoms with E-state index in [4.69, 9.17) is 14.5 Å². The van der Waals surface area contributed by atoms with Gasteiger partial charge in [0.1, 0.15) is 0 Å². The van der Waals surface area contributed by atoms with E-state index in [2.05, 4.69) is 0 Å². The Morgan fingerprint density at radius 1 is 1.06 bits per heavy atom. The number of sulfone groups is 1. The van der Waals surface area contributed by atoms with Gasteiger partial charge in [0, 0.05) is 24.9 Å². The summed E-state index contributed by atoms with van der Waals surface area (Å²) < 4.78 is 75.7.